The second-order valence-electron chi connectivity index (χ2n) is 5.96. The van der Waals surface area contributed by atoms with Crippen molar-refractivity contribution in [3.05, 3.63) is 29.8 Å². The van der Waals surface area contributed by atoms with Gasteiger partial charge in [-0.2, -0.15) is 0 Å². The molecule has 116 valence electrons. The normalized spacial score (nSPS) is 25.5. The first kappa shape index (κ1) is 16.1. The highest BCUT2D eigenvalue weighted by molar-refractivity contribution is 5.85. The van der Waals surface area contributed by atoms with Crippen LogP contribution in [0.1, 0.15) is 25.3 Å². The van der Waals surface area contributed by atoms with Crippen molar-refractivity contribution in [1.82, 2.24) is 4.90 Å². The summed E-state index contributed by atoms with van der Waals surface area (Å²) in [6.45, 7) is 3.63. The van der Waals surface area contributed by atoms with Gasteiger partial charge in [-0.1, -0.05) is 18.2 Å². The lowest BCUT2D eigenvalue weighted by atomic mass is 9.92. The number of nitrogens with two attached hydrogens (primary N) is 1. The SMILES string of the molecule is CC(N)C1CCCN(C(=O)C2Cc3ccccc3O2)C1.Cl. The van der Waals surface area contributed by atoms with Gasteiger partial charge in [0.2, 0.25) is 0 Å². The minimum absolute atomic E-state index is 0. The molecule has 1 amide bonds. The third-order valence-electron chi connectivity index (χ3n) is 4.44. The van der Waals surface area contributed by atoms with Crippen molar-refractivity contribution in [2.45, 2.75) is 38.3 Å². The highest BCUT2D eigenvalue weighted by Crippen LogP contribution is 2.30. The first-order chi connectivity index (χ1) is 9.65. The van der Waals surface area contributed by atoms with Gasteiger partial charge in [0.25, 0.3) is 5.91 Å². The van der Waals surface area contributed by atoms with Crippen molar-refractivity contribution in [2.24, 2.45) is 11.7 Å². The lowest BCUT2D eigenvalue weighted by molar-refractivity contribution is -0.139. The maximum absolute atomic E-state index is 12.6. The van der Waals surface area contributed by atoms with E-state index in [9.17, 15) is 4.79 Å². The van der Waals surface area contributed by atoms with Gasteiger partial charge in [0.15, 0.2) is 6.10 Å². The molecule has 3 unspecified atom stereocenters. The van der Waals surface area contributed by atoms with E-state index in [1.807, 2.05) is 36.1 Å². The van der Waals surface area contributed by atoms with Crippen molar-refractivity contribution in [1.29, 1.82) is 0 Å². The molecule has 0 aromatic heterocycles. The van der Waals surface area contributed by atoms with Gasteiger partial charge in [-0.05, 0) is 37.3 Å². The van der Waals surface area contributed by atoms with Crippen LogP contribution in [0.5, 0.6) is 5.75 Å². The summed E-state index contributed by atoms with van der Waals surface area (Å²) in [6.07, 6.45) is 2.50. The number of fused-ring (bicyclic) bond motifs is 1. The number of hydrogen-bond acceptors (Lipinski definition) is 3. The summed E-state index contributed by atoms with van der Waals surface area (Å²) >= 11 is 0. The second kappa shape index (κ2) is 6.67. The number of hydrogen-bond donors (Lipinski definition) is 1. The number of carbonyl (C=O) groups excluding carboxylic acids is 1. The third kappa shape index (κ3) is 3.33. The van der Waals surface area contributed by atoms with Crippen molar-refractivity contribution in [2.75, 3.05) is 13.1 Å². The van der Waals surface area contributed by atoms with Crippen LogP contribution in [0.4, 0.5) is 0 Å². The minimum Gasteiger partial charge on any atom is -0.480 e. The fraction of sp³-hybridized carbons (Fsp3) is 0.562. The summed E-state index contributed by atoms with van der Waals surface area (Å²) in [5, 5.41) is 0. The van der Waals surface area contributed by atoms with Crippen LogP contribution in [0, 0.1) is 5.92 Å². The van der Waals surface area contributed by atoms with Crippen LogP contribution in [0.2, 0.25) is 0 Å². The summed E-state index contributed by atoms with van der Waals surface area (Å²) in [5.74, 6) is 1.38. The Bertz CT molecular complexity index is 482. The zero-order chi connectivity index (χ0) is 14.1. The minimum atomic E-state index is -0.348. The average Bonchev–Trinajstić information content (AvgIpc) is 2.90. The van der Waals surface area contributed by atoms with Gasteiger partial charge in [-0.15, -0.1) is 12.4 Å². The number of piperidine rings is 1. The first-order valence-corrected chi connectivity index (χ1v) is 7.44. The number of carbonyl (C=O) groups is 1. The Morgan fingerprint density at radius 2 is 2.19 bits per heavy atom. The molecule has 1 fully saturated rings. The largest absolute Gasteiger partial charge is 0.480 e. The molecule has 2 N–H and O–H groups in total. The van der Waals surface area contributed by atoms with Crippen LogP contribution in [0.3, 0.4) is 0 Å². The Balaban J connectivity index is 0.00000161. The predicted octanol–water partition coefficient (Wildman–Crippen LogP) is 2.00. The van der Waals surface area contributed by atoms with Crippen molar-refractivity contribution < 1.29 is 9.53 Å². The smallest absolute Gasteiger partial charge is 0.264 e. The maximum atomic E-state index is 12.6. The molecular formula is C16H23ClN2O2. The van der Waals surface area contributed by atoms with Gasteiger partial charge in [0.1, 0.15) is 5.75 Å². The highest BCUT2D eigenvalue weighted by Gasteiger charge is 2.34. The molecule has 0 aliphatic carbocycles. The number of benzene rings is 1. The zero-order valence-corrected chi connectivity index (χ0v) is 13.1. The molecule has 0 bridgehead atoms. The van der Waals surface area contributed by atoms with E-state index in [2.05, 4.69) is 0 Å². The predicted molar refractivity (Wildman–Crippen MR) is 84.8 cm³/mol. The molecule has 21 heavy (non-hydrogen) atoms. The molecule has 0 radical (unpaired) electrons. The zero-order valence-electron chi connectivity index (χ0n) is 12.3. The van der Waals surface area contributed by atoms with E-state index in [0.717, 1.165) is 37.2 Å². The van der Waals surface area contributed by atoms with Crippen molar-refractivity contribution >= 4 is 18.3 Å². The van der Waals surface area contributed by atoms with Gasteiger partial charge in [-0.3, -0.25) is 4.79 Å². The summed E-state index contributed by atoms with van der Waals surface area (Å²) in [4.78, 5) is 14.5. The molecule has 2 aliphatic rings. The van der Waals surface area contributed by atoms with Crippen LogP contribution in [0.15, 0.2) is 24.3 Å². The number of para-hydroxylation sites is 1. The van der Waals surface area contributed by atoms with E-state index >= 15 is 0 Å². The van der Waals surface area contributed by atoms with E-state index in [0.29, 0.717) is 12.3 Å². The van der Waals surface area contributed by atoms with Crippen LogP contribution < -0.4 is 10.5 Å². The van der Waals surface area contributed by atoms with Gasteiger partial charge in [-0.25, -0.2) is 0 Å². The lowest BCUT2D eigenvalue weighted by Gasteiger charge is -2.35. The number of rotatable bonds is 2. The van der Waals surface area contributed by atoms with Crippen molar-refractivity contribution in [3.8, 4) is 5.75 Å². The standard InChI is InChI=1S/C16H22N2O2.ClH/c1-11(17)13-6-4-8-18(10-13)16(19)15-9-12-5-2-3-7-14(12)20-15;/h2-3,5,7,11,13,15H,4,6,8-10,17H2,1H3;1H. The number of halogens is 1. The van der Waals surface area contributed by atoms with Gasteiger partial charge in [0.05, 0.1) is 0 Å². The van der Waals surface area contributed by atoms with Gasteiger partial charge < -0.3 is 15.4 Å². The fourth-order valence-electron chi connectivity index (χ4n) is 3.16. The molecule has 3 atom stereocenters. The average molecular weight is 311 g/mol. The molecule has 1 aromatic rings. The van der Waals surface area contributed by atoms with Gasteiger partial charge in [0, 0.05) is 25.6 Å². The van der Waals surface area contributed by atoms with E-state index in [4.69, 9.17) is 10.5 Å². The van der Waals surface area contributed by atoms with Crippen LogP contribution in [-0.4, -0.2) is 36.0 Å². The van der Waals surface area contributed by atoms with E-state index in [-0.39, 0.29) is 30.5 Å². The monoisotopic (exact) mass is 310 g/mol. The van der Waals surface area contributed by atoms with E-state index < -0.39 is 0 Å². The molecule has 1 saturated heterocycles. The number of nitrogens with zero attached hydrogens (tertiary/aromatic N) is 1. The highest BCUT2D eigenvalue weighted by atomic mass is 35.5. The first-order valence-electron chi connectivity index (χ1n) is 7.44. The fourth-order valence-corrected chi connectivity index (χ4v) is 3.16. The van der Waals surface area contributed by atoms with E-state index in [1.54, 1.807) is 0 Å². The number of likely N-dealkylation sites (tertiary alicyclic amines) is 1. The quantitative estimate of drug-likeness (QED) is 0.909. The lowest BCUT2D eigenvalue weighted by Crippen LogP contribution is -2.49. The Morgan fingerprint density at radius 1 is 1.43 bits per heavy atom. The van der Waals surface area contributed by atoms with Crippen LogP contribution in [-0.2, 0) is 11.2 Å². The summed E-state index contributed by atoms with van der Waals surface area (Å²) in [5.41, 5.74) is 7.11. The Labute approximate surface area is 132 Å². The molecular weight excluding hydrogens is 288 g/mol. The summed E-state index contributed by atoms with van der Waals surface area (Å²) in [6, 6.07) is 8.04. The Hall–Kier alpha value is -1.26. The van der Waals surface area contributed by atoms with Crippen LogP contribution in [0.25, 0.3) is 0 Å². The molecule has 4 nitrogen and oxygen atoms in total. The Kier molecular flexibility index (Phi) is 5.12. The molecule has 1 aromatic carbocycles. The summed E-state index contributed by atoms with van der Waals surface area (Å²) < 4.78 is 5.80. The number of ether oxygens (including phenoxy) is 1. The van der Waals surface area contributed by atoms with Crippen LogP contribution >= 0.6 is 12.4 Å². The molecule has 0 spiro atoms. The topological polar surface area (TPSA) is 55.6 Å². The van der Waals surface area contributed by atoms with E-state index in [1.165, 1.54) is 0 Å². The van der Waals surface area contributed by atoms with Crippen molar-refractivity contribution in [3.63, 3.8) is 0 Å². The van der Waals surface area contributed by atoms with Gasteiger partial charge >= 0.3 is 0 Å². The second-order valence-corrected chi connectivity index (χ2v) is 5.96. The summed E-state index contributed by atoms with van der Waals surface area (Å²) in [7, 11) is 0. The molecule has 2 heterocycles. The molecule has 5 heteroatoms. The third-order valence-corrected chi connectivity index (χ3v) is 4.44. The maximum Gasteiger partial charge on any atom is 0.264 e. The molecule has 3 rings (SSSR count). The number of amides is 1. The Morgan fingerprint density at radius 3 is 2.90 bits per heavy atom. The molecule has 2 aliphatic heterocycles. The molecule has 0 saturated carbocycles.